The van der Waals surface area contributed by atoms with E-state index in [4.69, 9.17) is 0 Å². The van der Waals surface area contributed by atoms with Crippen molar-refractivity contribution in [1.29, 1.82) is 0 Å². The molecule has 0 spiro atoms. The molecule has 0 aromatic heterocycles. The molecule has 0 radical (unpaired) electrons. The van der Waals surface area contributed by atoms with Crippen molar-refractivity contribution in [2.45, 2.75) is 51.2 Å². The largest absolute Gasteiger partial charge is 0.334 e. The van der Waals surface area contributed by atoms with Crippen LogP contribution >= 0.6 is 0 Å². The van der Waals surface area contributed by atoms with Gasteiger partial charge in [0.25, 0.3) is 0 Å². The maximum Gasteiger partial charge on any atom is 0.240 e. The Morgan fingerprint density at radius 3 is 2.65 bits per heavy atom. The second kappa shape index (κ2) is 5.96. The summed E-state index contributed by atoms with van der Waals surface area (Å²) in [6.45, 7) is 3.93. The molecule has 108 valence electrons. The molecule has 1 aliphatic heterocycles. The number of carbonyl (C=O) groups excluding carboxylic acids is 1. The number of nitrogens with zero attached hydrogens (tertiary/aromatic N) is 1. The van der Waals surface area contributed by atoms with Gasteiger partial charge < -0.3 is 10.2 Å². The highest BCUT2D eigenvalue weighted by atomic mass is 16.2. The Labute approximate surface area is 121 Å². The van der Waals surface area contributed by atoms with Crippen LogP contribution in [0.15, 0.2) is 30.3 Å². The number of carbonyl (C=O) groups is 1. The van der Waals surface area contributed by atoms with E-state index in [0.717, 1.165) is 19.5 Å². The number of amides is 1. The maximum absolute atomic E-state index is 12.9. The van der Waals surface area contributed by atoms with Crippen LogP contribution in [0.1, 0.15) is 38.2 Å². The van der Waals surface area contributed by atoms with Crippen molar-refractivity contribution >= 4 is 5.91 Å². The van der Waals surface area contributed by atoms with Crippen molar-refractivity contribution in [3.63, 3.8) is 0 Å². The first-order valence-electron chi connectivity index (χ1n) is 7.83. The average Bonchev–Trinajstić information content (AvgIpc) is 3.30. The van der Waals surface area contributed by atoms with E-state index in [0.29, 0.717) is 17.9 Å². The van der Waals surface area contributed by atoms with Gasteiger partial charge in [-0.2, -0.15) is 0 Å². The fourth-order valence-electron chi connectivity index (χ4n) is 3.11. The molecule has 3 nitrogen and oxygen atoms in total. The summed E-state index contributed by atoms with van der Waals surface area (Å²) in [6.07, 6.45) is 4.68. The first kappa shape index (κ1) is 13.6. The Balaban J connectivity index is 1.71. The summed E-state index contributed by atoms with van der Waals surface area (Å²) in [7, 11) is 0. The predicted molar refractivity (Wildman–Crippen MR) is 80.2 cm³/mol. The molecule has 2 fully saturated rings. The number of benzene rings is 1. The van der Waals surface area contributed by atoms with E-state index in [9.17, 15) is 4.79 Å². The number of hydrogen-bond acceptors (Lipinski definition) is 2. The van der Waals surface area contributed by atoms with E-state index < -0.39 is 0 Å². The van der Waals surface area contributed by atoms with Crippen LogP contribution in [0.4, 0.5) is 0 Å². The van der Waals surface area contributed by atoms with E-state index in [2.05, 4.69) is 29.3 Å². The van der Waals surface area contributed by atoms with Crippen LogP contribution in [0.25, 0.3) is 0 Å². The highest BCUT2D eigenvalue weighted by Crippen LogP contribution is 2.30. The van der Waals surface area contributed by atoms with Crippen LogP contribution in [0.3, 0.4) is 0 Å². The van der Waals surface area contributed by atoms with Gasteiger partial charge in [-0.05, 0) is 43.7 Å². The van der Waals surface area contributed by atoms with Crippen LogP contribution < -0.4 is 5.32 Å². The molecule has 3 rings (SSSR count). The van der Waals surface area contributed by atoms with Crippen LogP contribution in [0, 0.1) is 5.92 Å². The molecule has 1 saturated carbocycles. The average molecular weight is 272 g/mol. The van der Waals surface area contributed by atoms with Crippen molar-refractivity contribution in [2.75, 3.05) is 6.54 Å². The summed E-state index contributed by atoms with van der Waals surface area (Å²) in [6, 6.07) is 10.8. The zero-order chi connectivity index (χ0) is 13.9. The molecule has 2 atom stereocenters. The third kappa shape index (κ3) is 3.04. The van der Waals surface area contributed by atoms with Crippen LogP contribution in [0.5, 0.6) is 0 Å². The predicted octanol–water partition coefficient (Wildman–Crippen LogP) is 2.57. The second-order valence-electron chi connectivity index (χ2n) is 6.23. The van der Waals surface area contributed by atoms with Crippen LogP contribution in [0.2, 0.25) is 0 Å². The first-order valence-corrected chi connectivity index (χ1v) is 7.83. The minimum absolute atomic E-state index is 0.0214. The monoisotopic (exact) mass is 272 g/mol. The summed E-state index contributed by atoms with van der Waals surface area (Å²) in [5.74, 6) is 0.761. The minimum Gasteiger partial charge on any atom is -0.334 e. The van der Waals surface area contributed by atoms with Crippen molar-refractivity contribution in [2.24, 2.45) is 5.92 Å². The standard InChI is InChI=1S/C17H24N2O/c1-13-6-5-11-18-16(13)17(20)19(15-9-10-15)12-14-7-3-2-4-8-14/h2-4,7-8,13,15-16,18H,5-6,9-12H2,1H3. The topological polar surface area (TPSA) is 32.3 Å². The lowest BCUT2D eigenvalue weighted by atomic mass is 9.91. The Hall–Kier alpha value is -1.35. The lowest BCUT2D eigenvalue weighted by Gasteiger charge is -2.34. The van der Waals surface area contributed by atoms with Gasteiger partial charge in [0.2, 0.25) is 5.91 Å². The van der Waals surface area contributed by atoms with Gasteiger partial charge in [0.15, 0.2) is 0 Å². The van der Waals surface area contributed by atoms with Gasteiger partial charge >= 0.3 is 0 Å². The normalized spacial score (nSPS) is 26.2. The fraction of sp³-hybridized carbons (Fsp3) is 0.588. The molecule has 1 heterocycles. The molecule has 1 aromatic carbocycles. The smallest absolute Gasteiger partial charge is 0.240 e. The summed E-state index contributed by atoms with van der Waals surface area (Å²) < 4.78 is 0. The minimum atomic E-state index is 0.0214. The molecular formula is C17H24N2O. The lowest BCUT2D eigenvalue weighted by molar-refractivity contribution is -0.136. The Bertz CT molecular complexity index is 455. The van der Waals surface area contributed by atoms with Gasteiger partial charge in [-0.15, -0.1) is 0 Å². The molecule has 20 heavy (non-hydrogen) atoms. The maximum atomic E-state index is 12.9. The highest BCUT2D eigenvalue weighted by Gasteiger charge is 2.38. The summed E-state index contributed by atoms with van der Waals surface area (Å²) >= 11 is 0. The number of piperidine rings is 1. The molecule has 1 aromatic rings. The van der Waals surface area contributed by atoms with E-state index >= 15 is 0 Å². The van der Waals surface area contributed by atoms with E-state index in [1.807, 2.05) is 18.2 Å². The van der Waals surface area contributed by atoms with Gasteiger partial charge in [-0.1, -0.05) is 37.3 Å². The molecule has 1 saturated heterocycles. The van der Waals surface area contributed by atoms with Gasteiger partial charge in [0, 0.05) is 12.6 Å². The van der Waals surface area contributed by atoms with Gasteiger partial charge in [0.05, 0.1) is 6.04 Å². The van der Waals surface area contributed by atoms with E-state index in [-0.39, 0.29) is 6.04 Å². The zero-order valence-corrected chi connectivity index (χ0v) is 12.2. The fourth-order valence-corrected chi connectivity index (χ4v) is 3.11. The van der Waals surface area contributed by atoms with Gasteiger partial charge in [-0.3, -0.25) is 4.79 Å². The number of hydrogen-bond donors (Lipinski definition) is 1. The third-order valence-electron chi connectivity index (χ3n) is 4.50. The quantitative estimate of drug-likeness (QED) is 0.913. The lowest BCUT2D eigenvalue weighted by Crippen LogP contribution is -2.52. The third-order valence-corrected chi connectivity index (χ3v) is 4.50. The molecular weight excluding hydrogens is 248 g/mol. The van der Waals surface area contributed by atoms with Crippen molar-refractivity contribution in [3.05, 3.63) is 35.9 Å². The summed E-state index contributed by atoms with van der Waals surface area (Å²) in [4.78, 5) is 15.0. The first-order chi connectivity index (χ1) is 9.75. The Morgan fingerprint density at radius 2 is 2.00 bits per heavy atom. The number of nitrogens with one attached hydrogen (secondary N) is 1. The summed E-state index contributed by atoms with van der Waals surface area (Å²) in [5.41, 5.74) is 1.23. The number of rotatable bonds is 4. The van der Waals surface area contributed by atoms with Crippen LogP contribution in [-0.4, -0.2) is 29.4 Å². The molecule has 3 heteroatoms. The Morgan fingerprint density at radius 1 is 1.25 bits per heavy atom. The highest BCUT2D eigenvalue weighted by molar-refractivity contribution is 5.83. The Kier molecular flexibility index (Phi) is 4.06. The second-order valence-corrected chi connectivity index (χ2v) is 6.23. The molecule has 1 amide bonds. The van der Waals surface area contributed by atoms with Crippen molar-refractivity contribution in [3.8, 4) is 0 Å². The van der Waals surface area contributed by atoms with Crippen LogP contribution in [-0.2, 0) is 11.3 Å². The molecule has 1 N–H and O–H groups in total. The molecule has 2 unspecified atom stereocenters. The molecule has 0 bridgehead atoms. The van der Waals surface area contributed by atoms with Gasteiger partial charge in [0.1, 0.15) is 0 Å². The zero-order valence-electron chi connectivity index (χ0n) is 12.2. The van der Waals surface area contributed by atoms with E-state index in [1.165, 1.54) is 24.8 Å². The SMILES string of the molecule is CC1CCCNC1C(=O)N(Cc1ccccc1)C1CC1. The summed E-state index contributed by atoms with van der Waals surface area (Å²) in [5, 5.41) is 3.43. The van der Waals surface area contributed by atoms with Crippen molar-refractivity contribution in [1.82, 2.24) is 10.2 Å². The van der Waals surface area contributed by atoms with Gasteiger partial charge in [-0.25, -0.2) is 0 Å². The molecule has 1 aliphatic carbocycles. The van der Waals surface area contributed by atoms with E-state index in [1.54, 1.807) is 0 Å². The van der Waals surface area contributed by atoms with Crippen molar-refractivity contribution < 1.29 is 4.79 Å². The molecule has 2 aliphatic rings.